The van der Waals surface area contributed by atoms with E-state index in [4.69, 9.17) is 0 Å². The molecule has 3 atom stereocenters. The Bertz CT molecular complexity index is 507. The Morgan fingerprint density at radius 1 is 1.20 bits per heavy atom. The van der Waals surface area contributed by atoms with Gasteiger partial charge in [-0.15, -0.1) is 0 Å². The standard InChI is InChI=1S/C18H24OS/c1-17(2)15-9-10-18(17,3)16(19)14(15)12-20-11-13-7-5-4-6-8-13/h4-8,14-15H,9-12H2,1-3H3/t14?,15-,18+/m1/s1. The van der Waals surface area contributed by atoms with Crippen LogP contribution in [0.1, 0.15) is 39.2 Å². The third kappa shape index (κ3) is 1.95. The monoisotopic (exact) mass is 288 g/mol. The molecule has 0 aliphatic heterocycles. The summed E-state index contributed by atoms with van der Waals surface area (Å²) in [6, 6.07) is 10.6. The summed E-state index contributed by atoms with van der Waals surface area (Å²) in [6.07, 6.45) is 2.34. The van der Waals surface area contributed by atoms with Gasteiger partial charge in [-0.2, -0.15) is 11.8 Å². The number of ketones is 1. The van der Waals surface area contributed by atoms with Crippen molar-refractivity contribution in [2.24, 2.45) is 22.7 Å². The van der Waals surface area contributed by atoms with Gasteiger partial charge in [-0.25, -0.2) is 0 Å². The quantitative estimate of drug-likeness (QED) is 0.808. The van der Waals surface area contributed by atoms with Crippen LogP contribution >= 0.6 is 11.8 Å². The highest BCUT2D eigenvalue weighted by Gasteiger charge is 2.65. The molecule has 2 aliphatic carbocycles. The van der Waals surface area contributed by atoms with Gasteiger partial charge >= 0.3 is 0 Å². The molecule has 2 aliphatic rings. The summed E-state index contributed by atoms with van der Waals surface area (Å²) in [5.41, 5.74) is 1.50. The number of benzene rings is 1. The summed E-state index contributed by atoms with van der Waals surface area (Å²) < 4.78 is 0. The van der Waals surface area contributed by atoms with Crippen molar-refractivity contribution in [2.75, 3.05) is 5.75 Å². The molecule has 0 saturated heterocycles. The highest BCUT2D eigenvalue weighted by Crippen LogP contribution is 2.66. The van der Waals surface area contributed by atoms with Crippen molar-refractivity contribution >= 4 is 17.5 Å². The van der Waals surface area contributed by atoms with Crippen molar-refractivity contribution in [3.63, 3.8) is 0 Å². The molecule has 2 saturated carbocycles. The van der Waals surface area contributed by atoms with Crippen LogP contribution in [-0.2, 0) is 10.5 Å². The van der Waals surface area contributed by atoms with E-state index in [0.29, 0.717) is 11.7 Å². The van der Waals surface area contributed by atoms with Crippen molar-refractivity contribution in [3.8, 4) is 0 Å². The van der Waals surface area contributed by atoms with Gasteiger partial charge in [-0.3, -0.25) is 4.79 Å². The molecule has 1 aromatic carbocycles. The molecule has 1 unspecified atom stereocenters. The number of carbonyl (C=O) groups is 1. The second-order valence-electron chi connectivity index (χ2n) is 7.17. The van der Waals surface area contributed by atoms with Crippen molar-refractivity contribution in [1.82, 2.24) is 0 Å². The molecule has 20 heavy (non-hydrogen) atoms. The Hall–Kier alpha value is -0.760. The van der Waals surface area contributed by atoms with E-state index in [9.17, 15) is 4.79 Å². The number of thioether (sulfide) groups is 1. The van der Waals surface area contributed by atoms with E-state index in [-0.39, 0.29) is 16.7 Å². The maximum Gasteiger partial charge on any atom is 0.143 e. The first kappa shape index (κ1) is 14.2. The Morgan fingerprint density at radius 3 is 2.50 bits per heavy atom. The molecule has 0 spiro atoms. The zero-order valence-corrected chi connectivity index (χ0v) is 13.5. The Morgan fingerprint density at radius 2 is 1.90 bits per heavy atom. The summed E-state index contributed by atoms with van der Waals surface area (Å²) in [5, 5.41) is 0. The van der Waals surface area contributed by atoms with Crippen LogP contribution < -0.4 is 0 Å². The van der Waals surface area contributed by atoms with Gasteiger partial charge in [0.05, 0.1) is 0 Å². The minimum absolute atomic E-state index is 0.0599. The number of carbonyl (C=O) groups excluding carboxylic acids is 1. The smallest absolute Gasteiger partial charge is 0.143 e. The fourth-order valence-corrected chi connectivity index (χ4v) is 5.53. The molecule has 0 N–H and O–H groups in total. The number of Topliss-reactive ketones (excluding diaryl/α,β-unsaturated/α-hetero) is 1. The minimum Gasteiger partial charge on any atom is -0.299 e. The highest BCUT2D eigenvalue weighted by atomic mass is 32.2. The Kier molecular flexibility index (Phi) is 3.48. The van der Waals surface area contributed by atoms with Crippen LogP contribution in [0.2, 0.25) is 0 Å². The lowest BCUT2D eigenvalue weighted by molar-refractivity contribution is -0.131. The summed E-state index contributed by atoms with van der Waals surface area (Å²) in [4.78, 5) is 12.7. The second-order valence-corrected chi connectivity index (χ2v) is 8.20. The molecule has 0 radical (unpaired) electrons. The summed E-state index contributed by atoms with van der Waals surface area (Å²) in [7, 11) is 0. The van der Waals surface area contributed by atoms with Crippen molar-refractivity contribution < 1.29 is 4.79 Å². The summed E-state index contributed by atoms with van der Waals surface area (Å²) >= 11 is 1.93. The molecule has 2 heteroatoms. The third-order valence-corrected chi connectivity index (χ3v) is 7.21. The maximum absolute atomic E-state index is 12.7. The lowest BCUT2D eigenvalue weighted by Gasteiger charge is -2.32. The van der Waals surface area contributed by atoms with Crippen molar-refractivity contribution in [2.45, 2.75) is 39.4 Å². The van der Waals surface area contributed by atoms with Crippen LogP contribution in [0, 0.1) is 22.7 Å². The van der Waals surface area contributed by atoms with E-state index < -0.39 is 0 Å². The predicted molar refractivity (Wildman–Crippen MR) is 85.7 cm³/mol. The van der Waals surface area contributed by atoms with Crippen LogP contribution in [0.15, 0.2) is 30.3 Å². The largest absolute Gasteiger partial charge is 0.299 e. The van der Waals surface area contributed by atoms with Gasteiger partial charge in [-0.1, -0.05) is 51.1 Å². The fraction of sp³-hybridized carbons (Fsp3) is 0.611. The molecule has 1 nitrogen and oxygen atoms in total. The maximum atomic E-state index is 12.7. The number of fused-ring (bicyclic) bond motifs is 2. The van der Waals surface area contributed by atoms with Gasteiger partial charge < -0.3 is 0 Å². The Balaban J connectivity index is 1.64. The van der Waals surface area contributed by atoms with Crippen LogP contribution in [0.25, 0.3) is 0 Å². The van der Waals surface area contributed by atoms with E-state index in [1.54, 1.807) is 0 Å². The van der Waals surface area contributed by atoms with Crippen LogP contribution in [0.3, 0.4) is 0 Å². The molecule has 1 aromatic rings. The van der Waals surface area contributed by atoms with Gasteiger partial charge in [-0.05, 0) is 29.7 Å². The molecule has 0 heterocycles. The minimum atomic E-state index is -0.0599. The average Bonchev–Trinajstić information content (AvgIpc) is 2.74. The first-order chi connectivity index (χ1) is 9.47. The van der Waals surface area contributed by atoms with Crippen LogP contribution in [0.4, 0.5) is 0 Å². The van der Waals surface area contributed by atoms with Gasteiger partial charge in [0, 0.05) is 22.8 Å². The van der Waals surface area contributed by atoms with E-state index >= 15 is 0 Å². The van der Waals surface area contributed by atoms with Crippen LogP contribution in [-0.4, -0.2) is 11.5 Å². The summed E-state index contributed by atoms with van der Waals surface area (Å²) in [5.74, 6) is 3.45. The third-order valence-electron chi connectivity index (χ3n) is 6.08. The van der Waals surface area contributed by atoms with Crippen molar-refractivity contribution in [1.29, 1.82) is 0 Å². The molecule has 108 valence electrons. The summed E-state index contributed by atoms with van der Waals surface area (Å²) in [6.45, 7) is 6.83. The van der Waals surface area contributed by atoms with E-state index in [1.807, 2.05) is 11.8 Å². The van der Waals surface area contributed by atoms with E-state index in [2.05, 4.69) is 51.1 Å². The molecule has 0 aromatic heterocycles. The topological polar surface area (TPSA) is 17.1 Å². The zero-order valence-electron chi connectivity index (χ0n) is 12.7. The van der Waals surface area contributed by atoms with Gasteiger partial charge in [0.1, 0.15) is 5.78 Å². The molecule has 0 amide bonds. The molecular formula is C18H24OS. The fourth-order valence-electron chi connectivity index (χ4n) is 4.34. The molecule has 2 fully saturated rings. The predicted octanol–water partition coefficient (Wildman–Crippen LogP) is 4.56. The lowest BCUT2D eigenvalue weighted by atomic mass is 9.70. The van der Waals surface area contributed by atoms with Gasteiger partial charge in [0.15, 0.2) is 0 Å². The number of hydrogen-bond donors (Lipinski definition) is 0. The molecular weight excluding hydrogens is 264 g/mol. The first-order valence-corrected chi connectivity index (χ1v) is 8.78. The molecule has 3 rings (SSSR count). The number of hydrogen-bond acceptors (Lipinski definition) is 2. The van der Waals surface area contributed by atoms with E-state index in [1.165, 1.54) is 12.0 Å². The van der Waals surface area contributed by atoms with Crippen molar-refractivity contribution in [3.05, 3.63) is 35.9 Å². The average molecular weight is 288 g/mol. The second kappa shape index (κ2) is 4.91. The number of rotatable bonds is 4. The van der Waals surface area contributed by atoms with Crippen LogP contribution in [0.5, 0.6) is 0 Å². The SMILES string of the molecule is CC1(C)[C@@H]2CC[C@@]1(C)C(=O)C2CSCc1ccccc1. The zero-order chi connectivity index (χ0) is 14.4. The van der Waals surface area contributed by atoms with Gasteiger partial charge in [0.25, 0.3) is 0 Å². The van der Waals surface area contributed by atoms with Gasteiger partial charge in [0.2, 0.25) is 0 Å². The first-order valence-electron chi connectivity index (χ1n) is 7.63. The van der Waals surface area contributed by atoms with E-state index in [0.717, 1.165) is 17.9 Å². The normalized spacial score (nSPS) is 34.6. The highest BCUT2D eigenvalue weighted by molar-refractivity contribution is 7.98. The lowest BCUT2D eigenvalue weighted by Crippen LogP contribution is -2.33. The molecule has 2 bridgehead atoms. The Labute approximate surface area is 126 Å².